The number of halogens is 2. The summed E-state index contributed by atoms with van der Waals surface area (Å²) < 4.78 is 2.12. The Kier molecular flexibility index (Phi) is 4.56. The third kappa shape index (κ3) is 2.40. The molecule has 1 nitrogen and oxygen atoms in total. The number of alkyl halides is 1. The van der Waals surface area contributed by atoms with Gasteiger partial charge in [0.2, 0.25) is 11.0 Å². The largest absolute Gasteiger partial charge is 0.238 e. The Morgan fingerprint density at radius 3 is 2.53 bits per heavy atom. The van der Waals surface area contributed by atoms with Crippen LogP contribution in [-0.2, 0) is 0 Å². The zero-order valence-electron chi connectivity index (χ0n) is 10.7. The highest BCUT2D eigenvalue weighted by atomic mass is 35.5. The molecule has 0 unspecified atom stereocenters. The van der Waals surface area contributed by atoms with Crippen molar-refractivity contribution < 1.29 is 4.40 Å². The molecule has 2 heterocycles. The zero-order valence-corrected chi connectivity index (χ0v) is 13.1. The quantitative estimate of drug-likeness (QED) is 0.266. The Balaban J connectivity index is 0.000000637. The van der Waals surface area contributed by atoms with Crippen LogP contribution < -0.4 is 4.40 Å². The number of hydrogen-bond acceptors (Lipinski definition) is 1. The van der Waals surface area contributed by atoms with E-state index >= 15 is 0 Å². The molecule has 0 N–H and O–H groups in total. The van der Waals surface area contributed by atoms with Crippen LogP contribution in [0.4, 0.5) is 0 Å². The van der Waals surface area contributed by atoms with Crippen molar-refractivity contribution in [2.45, 2.75) is 11.8 Å². The van der Waals surface area contributed by atoms with Crippen molar-refractivity contribution in [1.29, 1.82) is 0 Å². The molecule has 0 saturated heterocycles. The van der Waals surface area contributed by atoms with E-state index in [9.17, 15) is 0 Å². The summed E-state index contributed by atoms with van der Waals surface area (Å²) in [4.78, 5) is 0.994. The number of benzene rings is 1. The fraction of sp³-hybridized carbons (Fsp3) is 0.133. The maximum absolute atomic E-state index is 6.31. The van der Waals surface area contributed by atoms with E-state index in [1.165, 1.54) is 11.9 Å². The van der Waals surface area contributed by atoms with E-state index in [2.05, 4.69) is 47.7 Å². The smallest absolute Gasteiger partial charge is 0.158 e. The molecule has 3 rings (SSSR count). The van der Waals surface area contributed by atoms with E-state index in [-0.39, 0.29) is 0 Å². The van der Waals surface area contributed by atoms with Crippen molar-refractivity contribution in [1.82, 2.24) is 0 Å². The molecule has 0 amide bonds. The van der Waals surface area contributed by atoms with E-state index in [0.717, 1.165) is 26.3 Å². The number of rotatable bonds is 0. The van der Waals surface area contributed by atoms with Crippen molar-refractivity contribution in [2.24, 2.45) is 0 Å². The molecule has 0 aliphatic rings. The lowest BCUT2D eigenvalue weighted by molar-refractivity contribution is -0.482. The highest BCUT2D eigenvalue weighted by molar-refractivity contribution is 7.80. The molecule has 0 radical (unpaired) electrons. The monoisotopic (exact) mass is 310 g/mol. The standard InChI is InChI=1S/C14H10ClNS.CH3Cl/c1-9-12-7-2-3-8-16(12)13-10(14(9)17)5-4-6-11(13)15;1-2/h2-8H,1H3;1H3/p+1. The van der Waals surface area contributed by atoms with Crippen molar-refractivity contribution in [3.05, 3.63) is 53.2 Å². The minimum absolute atomic E-state index is 0.749. The summed E-state index contributed by atoms with van der Waals surface area (Å²) in [5, 5.41) is 1.83. The topological polar surface area (TPSA) is 4.10 Å². The Hall–Kier alpha value is -0.960. The van der Waals surface area contributed by atoms with Crippen LogP contribution in [0.2, 0.25) is 5.02 Å². The second-order valence-corrected chi connectivity index (χ2v) is 4.92. The van der Waals surface area contributed by atoms with E-state index in [4.69, 9.17) is 11.6 Å². The number of nitrogens with zero attached hydrogens (tertiary/aromatic N) is 1. The molecule has 4 heteroatoms. The van der Waals surface area contributed by atoms with Gasteiger partial charge in [0.25, 0.3) is 0 Å². The predicted octanol–water partition coefficient (Wildman–Crippen LogP) is 4.68. The minimum atomic E-state index is 0.749. The molecule has 3 aromatic rings. The van der Waals surface area contributed by atoms with E-state index < -0.39 is 0 Å². The molecular formula is C15H14Cl2NS+. The first-order valence-electron chi connectivity index (χ1n) is 5.78. The van der Waals surface area contributed by atoms with Crippen LogP contribution in [0.1, 0.15) is 5.56 Å². The number of pyridine rings is 2. The maximum Gasteiger partial charge on any atom is 0.238 e. The molecule has 2 aromatic heterocycles. The van der Waals surface area contributed by atoms with Gasteiger partial charge in [0.05, 0.1) is 5.39 Å². The molecular weight excluding hydrogens is 297 g/mol. The van der Waals surface area contributed by atoms with Gasteiger partial charge in [0.15, 0.2) is 6.20 Å². The van der Waals surface area contributed by atoms with Gasteiger partial charge < -0.3 is 0 Å². The maximum atomic E-state index is 6.31. The van der Waals surface area contributed by atoms with Gasteiger partial charge in [0, 0.05) is 29.0 Å². The third-order valence-electron chi connectivity index (χ3n) is 3.08. The summed E-state index contributed by atoms with van der Waals surface area (Å²) in [7, 11) is 0. The van der Waals surface area contributed by atoms with E-state index in [1.807, 2.05) is 30.5 Å². The van der Waals surface area contributed by atoms with Crippen molar-refractivity contribution in [2.75, 3.05) is 6.38 Å². The molecule has 0 aliphatic carbocycles. The second-order valence-electron chi connectivity index (χ2n) is 4.07. The van der Waals surface area contributed by atoms with Gasteiger partial charge in [-0.15, -0.1) is 24.2 Å². The number of hydrogen-bond donors (Lipinski definition) is 1. The van der Waals surface area contributed by atoms with Gasteiger partial charge in [-0.3, -0.25) is 0 Å². The summed E-state index contributed by atoms with van der Waals surface area (Å²) in [5.41, 5.74) is 3.32. The third-order valence-corrected chi connectivity index (χ3v) is 3.96. The Morgan fingerprint density at radius 2 is 1.79 bits per heavy atom. The summed E-state index contributed by atoms with van der Waals surface area (Å²) in [6.07, 6.45) is 3.50. The molecule has 0 spiro atoms. The first-order chi connectivity index (χ1) is 9.20. The van der Waals surface area contributed by atoms with Crippen LogP contribution in [0.25, 0.3) is 16.4 Å². The van der Waals surface area contributed by atoms with E-state index in [0.29, 0.717) is 0 Å². The fourth-order valence-corrected chi connectivity index (χ4v) is 2.78. The average Bonchev–Trinajstić information content (AvgIpc) is 2.47. The molecule has 0 aliphatic heterocycles. The molecule has 0 bridgehead atoms. The Labute approximate surface area is 128 Å². The Morgan fingerprint density at radius 1 is 1.05 bits per heavy atom. The normalized spacial score (nSPS) is 10.4. The van der Waals surface area contributed by atoms with Crippen LogP contribution in [0.5, 0.6) is 0 Å². The lowest BCUT2D eigenvalue weighted by Crippen LogP contribution is -2.24. The molecule has 98 valence electrons. The molecule has 0 saturated carbocycles. The highest BCUT2D eigenvalue weighted by Gasteiger charge is 2.18. The summed E-state index contributed by atoms with van der Waals surface area (Å²) >= 11 is 15.6. The van der Waals surface area contributed by atoms with Gasteiger partial charge >= 0.3 is 0 Å². The first-order valence-corrected chi connectivity index (χ1v) is 7.36. The second kappa shape index (κ2) is 6.00. The van der Waals surface area contributed by atoms with Gasteiger partial charge in [-0.25, -0.2) is 0 Å². The summed E-state index contributed by atoms with van der Waals surface area (Å²) in [5.74, 6) is 0. The van der Waals surface area contributed by atoms with Crippen LogP contribution in [0, 0.1) is 6.92 Å². The summed E-state index contributed by atoms with van der Waals surface area (Å²) in [6.45, 7) is 2.08. The van der Waals surface area contributed by atoms with Crippen molar-refractivity contribution >= 4 is 52.3 Å². The van der Waals surface area contributed by atoms with Crippen LogP contribution in [0.3, 0.4) is 0 Å². The van der Waals surface area contributed by atoms with Crippen molar-refractivity contribution in [3.63, 3.8) is 0 Å². The lowest BCUT2D eigenvalue weighted by atomic mass is 10.1. The highest BCUT2D eigenvalue weighted by Crippen LogP contribution is 2.29. The number of aromatic nitrogens is 1. The van der Waals surface area contributed by atoms with Crippen LogP contribution >= 0.6 is 35.8 Å². The molecule has 1 aromatic carbocycles. The zero-order chi connectivity index (χ0) is 14.0. The van der Waals surface area contributed by atoms with E-state index in [1.54, 1.807) is 0 Å². The van der Waals surface area contributed by atoms with Gasteiger partial charge in [0.1, 0.15) is 5.02 Å². The molecule has 0 atom stereocenters. The first kappa shape index (κ1) is 14.4. The number of aryl methyl sites for hydroxylation is 1. The number of para-hydroxylation sites is 1. The summed E-state index contributed by atoms with van der Waals surface area (Å²) in [6, 6.07) is 12.0. The SMILES string of the molecule is CCl.Cc1c(S)c2cccc(Cl)c2[n+]2ccccc12. The number of thiol groups is 1. The minimum Gasteiger partial charge on any atom is -0.158 e. The van der Waals surface area contributed by atoms with Gasteiger partial charge in [-0.1, -0.05) is 17.7 Å². The molecule has 0 fully saturated rings. The molecule has 19 heavy (non-hydrogen) atoms. The van der Waals surface area contributed by atoms with Crippen LogP contribution in [0.15, 0.2) is 47.5 Å². The fourth-order valence-electron chi connectivity index (χ4n) is 2.22. The van der Waals surface area contributed by atoms with Gasteiger partial charge in [-0.05, 0) is 25.1 Å². The van der Waals surface area contributed by atoms with Crippen LogP contribution in [-0.4, -0.2) is 6.38 Å². The van der Waals surface area contributed by atoms with Crippen molar-refractivity contribution in [3.8, 4) is 0 Å². The van der Waals surface area contributed by atoms with Gasteiger partial charge in [-0.2, -0.15) is 4.40 Å². The number of fused-ring (bicyclic) bond motifs is 3. The average molecular weight is 311 g/mol. The Bertz CT molecular complexity index is 741. The predicted molar refractivity (Wildman–Crippen MR) is 85.9 cm³/mol. The lowest BCUT2D eigenvalue weighted by Gasteiger charge is -2.05.